The van der Waals surface area contributed by atoms with Crippen molar-refractivity contribution in [1.29, 1.82) is 0 Å². The number of nitrogens with one attached hydrogen (secondary N) is 1. The zero-order valence-electron chi connectivity index (χ0n) is 20.2. The zero-order chi connectivity index (χ0) is 25.7. The largest absolute Gasteiger partial charge is 0.493 e. The number of benzene rings is 3. The Morgan fingerprint density at radius 1 is 0.889 bits per heavy atom. The molecule has 8 heteroatoms. The highest BCUT2D eigenvalue weighted by Crippen LogP contribution is 2.30. The third-order valence-corrected chi connectivity index (χ3v) is 6.50. The summed E-state index contributed by atoms with van der Waals surface area (Å²) in [6, 6.07) is 19.6. The number of urea groups is 1. The molecule has 1 fully saturated rings. The lowest BCUT2D eigenvalue weighted by Crippen LogP contribution is -2.54. The van der Waals surface area contributed by atoms with Gasteiger partial charge in [0.15, 0.2) is 11.5 Å². The molecule has 0 spiro atoms. The highest BCUT2D eigenvalue weighted by atomic mass is 32.2. The van der Waals surface area contributed by atoms with E-state index in [0.717, 1.165) is 16.2 Å². The van der Waals surface area contributed by atoms with Crippen LogP contribution in [0.4, 0.5) is 10.5 Å². The fourth-order valence-corrected chi connectivity index (χ4v) is 4.32. The summed E-state index contributed by atoms with van der Waals surface area (Å²) in [6.45, 7) is 4.43. The fourth-order valence-electron chi connectivity index (χ4n) is 3.59. The number of carbonyl (C=O) groups excluding carboxylic acids is 3. The fraction of sp³-hybridized carbons (Fsp3) is 0.179. The molecule has 0 aromatic heterocycles. The van der Waals surface area contributed by atoms with E-state index in [1.54, 1.807) is 54.2 Å². The van der Waals surface area contributed by atoms with Gasteiger partial charge in [-0.15, -0.1) is 11.8 Å². The maximum atomic E-state index is 13.1. The summed E-state index contributed by atoms with van der Waals surface area (Å²) in [5, 5.41) is 2.23. The molecule has 7 nitrogen and oxygen atoms in total. The third-order valence-electron chi connectivity index (χ3n) is 5.52. The van der Waals surface area contributed by atoms with E-state index in [9.17, 15) is 14.4 Å². The first-order chi connectivity index (χ1) is 17.4. The van der Waals surface area contributed by atoms with Crippen molar-refractivity contribution in [2.75, 3.05) is 24.4 Å². The second-order valence-corrected chi connectivity index (χ2v) is 9.38. The second kappa shape index (κ2) is 11.1. The zero-order valence-corrected chi connectivity index (χ0v) is 21.1. The van der Waals surface area contributed by atoms with E-state index >= 15 is 0 Å². The van der Waals surface area contributed by atoms with Crippen LogP contribution in [0.2, 0.25) is 0 Å². The van der Waals surface area contributed by atoms with Crippen LogP contribution in [0, 0.1) is 13.8 Å². The summed E-state index contributed by atoms with van der Waals surface area (Å²) in [7, 11) is 1.52. The van der Waals surface area contributed by atoms with Gasteiger partial charge < -0.3 is 9.47 Å². The Bertz CT molecular complexity index is 1320. The van der Waals surface area contributed by atoms with Crippen molar-refractivity contribution in [3.63, 3.8) is 0 Å². The standard InChI is InChI=1S/C28H26N2O5S/c1-18-4-9-21(10-5-18)30-27(32)23(26(31)29-28(30)33)16-20-8-13-24(25(17-20)34-3)35-14-15-36-22-11-6-19(2)7-12-22/h4-13,16-17H,14-15H2,1-3H3,(H,29,31,33)/b23-16+. The van der Waals surface area contributed by atoms with Crippen LogP contribution in [0.5, 0.6) is 11.5 Å². The summed E-state index contributed by atoms with van der Waals surface area (Å²) in [5.74, 6) is 0.343. The van der Waals surface area contributed by atoms with Gasteiger partial charge in [0.25, 0.3) is 11.8 Å². The molecule has 1 N–H and O–H groups in total. The van der Waals surface area contributed by atoms with Gasteiger partial charge in [-0.1, -0.05) is 41.5 Å². The second-order valence-electron chi connectivity index (χ2n) is 8.21. The van der Waals surface area contributed by atoms with Crippen molar-refractivity contribution in [3.05, 3.63) is 89.0 Å². The Morgan fingerprint density at radius 2 is 1.56 bits per heavy atom. The van der Waals surface area contributed by atoms with Gasteiger partial charge in [-0.05, 0) is 61.9 Å². The maximum absolute atomic E-state index is 13.1. The minimum Gasteiger partial charge on any atom is -0.493 e. The number of imide groups is 2. The van der Waals surface area contributed by atoms with Crippen LogP contribution >= 0.6 is 11.8 Å². The molecule has 0 unspecified atom stereocenters. The van der Waals surface area contributed by atoms with Crippen molar-refractivity contribution in [1.82, 2.24) is 5.32 Å². The minimum absolute atomic E-state index is 0.152. The van der Waals surface area contributed by atoms with E-state index in [2.05, 4.69) is 36.5 Å². The molecular weight excluding hydrogens is 476 g/mol. The number of hydrogen-bond acceptors (Lipinski definition) is 6. The monoisotopic (exact) mass is 502 g/mol. The quantitative estimate of drug-likeness (QED) is 0.199. The third kappa shape index (κ3) is 5.78. The minimum atomic E-state index is -0.782. The van der Waals surface area contributed by atoms with E-state index in [-0.39, 0.29) is 5.57 Å². The number of thioether (sulfide) groups is 1. The molecule has 0 atom stereocenters. The number of methoxy groups -OCH3 is 1. The summed E-state index contributed by atoms with van der Waals surface area (Å²) >= 11 is 1.70. The van der Waals surface area contributed by atoms with Gasteiger partial charge in [0.05, 0.1) is 19.4 Å². The van der Waals surface area contributed by atoms with Crippen molar-refractivity contribution in [3.8, 4) is 11.5 Å². The molecule has 0 aliphatic carbocycles. The van der Waals surface area contributed by atoms with Crippen LogP contribution in [0.1, 0.15) is 16.7 Å². The van der Waals surface area contributed by atoms with Crippen molar-refractivity contribution >= 4 is 41.4 Å². The molecule has 0 radical (unpaired) electrons. The Hall–Kier alpha value is -4.04. The first-order valence-electron chi connectivity index (χ1n) is 11.3. The lowest BCUT2D eigenvalue weighted by atomic mass is 10.1. The lowest BCUT2D eigenvalue weighted by molar-refractivity contribution is -0.122. The average Bonchev–Trinajstić information content (AvgIpc) is 2.87. The van der Waals surface area contributed by atoms with Gasteiger partial charge in [-0.2, -0.15) is 0 Å². The van der Waals surface area contributed by atoms with E-state index in [1.165, 1.54) is 23.6 Å². The summed E-state index contributed by atoms with van der Waals surface area (Å²) < 4.78 is 11.4. The molecule has 36 heavy (non-hydrogen) atoms. The Morgan fingerprint density at radius 3 is 2.22 bits per heavy atom. The van der Waals surface area contributed by atoms with E-state index < -0.39 is 17.8 Å². The summed E-state index contributed by atoms with van der Waals surface area (Å²) in [4.78, 5) is 40.1. The van der Waals surface area contributed by atoms with Crippen LogP contribution in [0.3, 0.4) is 0 Å². The molecule has 184 valence electrons. The number of hydrogen-bond donors (Lipinski definition) is 1. The summed E-state index contributed by atoms with van der Waals surface area (Å²) in [6.07, 6.45) is 1.44. The van der Waals surface area contributed by atoms with Gasteiger partial charge in [0, 0.05) is 10.6 Å². The Balaban J connectivity index is 1.47. The smallest absolute Gasteiger partial charge is 0.335 e. The molecule has 1 aliphatic heterocycles. The highest BCUT2D eigenvalue weighted by Gasteiger charge is 2.36. The van der Waals surface area contributed by atoms with Crippen molar-refractivity contribution in [2.24, 2.45) is 0 Å². The van der Waals surface area contributed by atoms with Gasteiger partial charge in [0.2, 0.25) is 0 Å². The Kier molecular flexibility index (Phi) is 7.75. The molecule has 1 saturated heterocycles. The van der Waals surface area contributed by atoms with Gasteiger partial charge in [-0.3, -0.25) is 14.9 Å². The van der Waals surface area contributed by atoms with Gasteiger partial charge >= 0.3 is 6.03 Å². The topological polar surface area (TPSA) is 84.9 Å². The molecule has 3 aromatic carbocycles. The molecule has 0 saturated carbocycles. The molecule has 4 amide bonds. The van der Waals surface area contributed by atoms with E-state index in [1.807, 2.05) is 6.92 Å². The van der Waals surface area contributed by atoms with Crippen molar-refractivity contribution in [2.45, 2.75) is 18.7 Å². The first kappa shape index (κ1) is 25.1. The molecule has 1 aliphatic rings. The number of nitrogens with zero attached hydrogens (tertiary/aromatic N) is 1. The maximum Gasteiger partial charge on any atom is 0.335 e. The van der Waals surface area contributed by atoms with Crippen LogP contribution in [0.25, 0.3) is 6.08 Å². The summed E-state index contributed by atoms with van der Waals surface area (Å²) in [5.41, 5.74) is 2.99. The first-order valence-corrected chi connectivity index (χ1v) is 12.3. The van der Waals surface area contributed by atoms with Crippen LogP contribution < -0.4 is 19.7 Å². The molecule has 3 aromatic rings. The molecular formula is C28H26N2O5S. The number of ether oxygens (including phenoxy) is 2. The number of barbiturate groups is 1. The number of aryl methyl sites for hydroxylation is 2. The number of rotatable bonds is 8. The van der Waals surface area contributed by atoms with Crippen LogP contribution in [-0.4, -0.2) is 37.3 Å². The average molecular weight is 503 g/mol. The van der Waals surface area contributed by atoms with Gasteiger partial charge in [0.1, 0.15) is 5.57 Å². The van der Waals surface area contributed by atoms with Crippen LogP contribution in [0.15, 0.2) is 77.2 Å². The van der Waals surface area contributed by atoms with Crippen LogP contribution in [-0.2, 0) is 9.59 Å². The van der Waals surface area contributed by atoms with E-state index in [0.29, 0.717) is 29.4 Å². The lowest BCUT2D eigenvalue weighted by Gasteiger charge is -2.26. The van der Waals surface area contributed by atoms with Crippen molar-refractivity contribution < 1.29 is 23.9 Å². The molecule has 1 heterocycles. The predicted molar refractivity (Wildman–Crippen MR) is 141 cm³/mol. The normalized spacial score (nSPS) is 14.7. The number of carbonyl (C=O) groups is 3. The number of amides is 4. The molecule has 0 bridgehead atoms. The van der Waals surface area contributed by atoms with Gasteiger partial charge in [-0.25, -0.2) is 9.69 Å². The SMILES string of the molecule is COc1cc(/C=C2\C(=O)NC(=O)N(c3ccc(C)cc3)C2=O)ccc1OCCSc1ccc(C)cc1. The highest BCUT2D eigenvalue weighted by molar-refractivity contribution is 7.99. The van der Waals surface area contributed by atoms with E-state index in [4.69, 9.17) is 9.47 Å². The predicted octanol–water partition coefficient (Wildman–Crippen LogP) is 5.15. The molecule has 4 rings (SSSR count). The number of anilines is 1. The Labute approximate surface area is 214 Å².